The average Bonchev–Trinajstić information content (AvgIpc) is 2.65. The van der Waals surface area contributed by atoms with Gasteiger partial charge >= 0.3 is 6.03 Å². The number of ether oxygens (including phenoxy) is 1. The van der Waals surface area contributed by atoms with Gasteiger partial charge in [0.2, 0.25) is 0 Å². The highest BCUT2D eigenvalue weighted by molar-refractivity contribution is 5.74. The topological polar surface area (TPSA) is 70.6 Å². The van der Waals surface area contributed by atoms with Crippen molar-refractivity contribution in [3.8, 4) is 0 Å². The minimum atomic E-state index is -0.451. The first-order valence-electron chi connectivity index (χ1n) is 7.76. The zero-order valence-electron chi connectivity index (χ0n) is 14.1. The van der Waals surface area contributed by atoms with Crippen LogP contribution in [-0.4, -0.2) is 28.4 Å². The molecule has 1 fully saturated rings. The number of nitrogens with one attached hydrogen (secondary N) is 2. The highest BCUT2D eigenvalue weighted by Gasteiger charge is 2.46. The number of carbonyl (C=O) groups excluding carboxylic acids is 1. The van der Waals surface area contributed by atoms with Gasteiger partial charge in [0, 0.05) is 12.1 Å². The molecule has 0 spiro atoms. The fraction of sp³-hybridized carbons (Fsp3) is 0.588. The van der Waals surface area contributed by atoms with Crippen molar-refractivity contribution >= 4 is 6.03 Å². The molecule has 1 aliphatic heterocycles. The summed E-state index contributed by atoms with van der Waals surface area (Å²) in [4.78, 5) is 12.1. The molecular formula is C17H25FN2O3. The predicted molar refractivity (Wildman–Crippen MR) is 85.3 cm³/mol. The summed E-state index contributed by atoms with van der Waals surface area (Å²) in [5.74, 6) is -0.451. The van der Waals surface area contributed by atoms with Crippen molar-refractivity contribution in [2.45, 2.75) is 64.5 Å². The highest BCUT2D eigenvalue weighted by atomic mass is 19.1. The number of aliphatic hydroxyl groups excluding tert-OH is 1. The van der Waals surface area contributed by atoms with Gasteiger partial charge in [-0.05, 0) is 51.8 Å². The van der Waals surface area contributed by atoms with Gasteiger partial charge in [-0.3, -0.25) is 0 Å². The van der Waals surface area contributed by atoms with Crippen LogP contribution in [0.4, 0.5) is 9.18 Å². The molecule has 1 aromatic carbocycles. The maximum Gasteiger partial charge on any atom is 0.315 e. The van der Waals surface area contributed by atoms with E-state index in [0.717, 1.165) is 12.0 Å². The molecule has 0 aromatic heterocycles. The van der Waals surface area contributed by atoms with Gasteiger partial charge in [0.25, 0.3) is 0 Å². The highest BCUT2D eigenvalue weighted by Crippen LogP contribution is 2.37. The fourth-order valence-corrected chi connectivity index (χ4v) is 3.04. The zero-order chi connectivity index (χ0) is 17.3. The average molecular weight is 324 g/mol. The van der Waals surface area contributed by atoms with Crippen molar-refractivity contribution in [2.75, 3.05) is 0 Å². The van der Waals surface area contributed by atoms with Crippen LogP contribution in [0.25, 0.3) is 0 Å². The Balaban J connectivity index is 1.91. The molecule has 1 heterocycles. The number of rotatable bonds is 4. The van der Waals surface area contributed by atoms with Crippen LogP contribution in [0.15, 0.2) is 18.2 Å². The van der Waals surface area contributed by atoms with E-state index >= 15 is 0 Å². The number of halogens is 1. The molecule has 128 valence electrons. The maximum atomic E-state index is 13.3. The molecule has 0 aliphatic carbocycles. The molecule has 1 saturated heterocycles. The van der Waals surface area contributed by atoms with Crippen molar-refractivity contribution < 1.29 is 19.0 Å². The van der Waals surface area contributed by atoms with Crippen molar-refractivity contribution in [3.05, 3.63) is 35.1 Å². The lowest BCUT2D eigenvalue weighted by Crippen LogP contribution is -2.49. The smallest absolute Gasteiger partial charge is 0.315 e. The van der Waals surface area contributed by atoms with Crippen LogP contribution in [0.3, 0.4) is 0 Å². The number of aliphatic hydroxyl groups is 1. The van der Waals surface area contributed by atoms with E-state index in [1.807, 2.05) is 27.7 Å². The second-order valence-corrected chi connectivity index (χ2v) is 7.13. The first-order chi connectivity index (χ1) is 10.6. The van der Waals surface area contributed by atoms with Crippen LogP contribution in [-0.2, 0) is 17.9 Å². The monoisotopic (exact) mass is 324 g/mol. The minimum absolute atomic E-state index is 0.0845. The predicted octanol–water partition coefficient (Wildman–Crippen LogP) is 2.46. The maximum absolute atomic E-state index is 13.3. The van der Waals surface area contributed by atoms with Crippen molar-refractivity contribution in [1.82, 2.24) is 10.6 Å². The van der Waals surface area contributed by atoms with Crippen LogP contribution in [0.5, 0.6) is 0 Å². The lowest BCUT2D eigenvalue weighted by molar-refractivity contribution is -0.0690. The zero-order valence-corrected chi connectivity index (χ0v) is 14.1. The van der Waals surface area contributed by atoms with E-state index in [9.17, 15) is 9.18 Å². The van der Waals surface area contributed by atoms with Gasteiger partial charge in [-0.15, -0.1) is 0 Å². The van der Waals surface area contributed by atoms with Crippen molar-refractivity contribution in [3.63, 3.8) is 0 Å². The Hall–Kier alpha value is -1.66. The molecule has 1 atom stereocenters. The third kappa shape index (κ3) is 4.42. The largest absolute Gasteiger partial charge is 0.392 e. The molecule has 0 saturated carbocycles. The summed E-state index contributed by atoms with van der Waals surface area (Å²) in [5, 5.41) is 14.8. The Morgan fingerprint density at radius 1 is 1.39 bits per heavy atom. The number of amides is 2. The van der Waals surface area contributed by atoms with Gasteiger partial charge in [0.15, 0.2) is 0 Å². The first kappa shape index (κ1) is 17.7. The number of hydrogen-bond acceptors (Lipinski definition) is 3. The van der Waals surface area contributed by atoms with Crippen LogP contribution < -0.4 is 10.6 Å². The van der Waals surface area contributed by atoms with Gasteiger partial charge in [0.1, 0.15) is 5.82 Å². The Labute approximate surface area is 136 Å². The van der Waals surface area contributed by atoms with Gasteiger partial charge in [-0.25, -0.2) is 9.18 Å². The summed E-state index contributed by atoms with van der Waals surface area (Å²) < 4.78 is 19.3. The molecule has 5 nitrogen and oxygen atoms in total. The summed E-state index contributed by atoms with van der Waals surface area (Å²) in [7, 11) is 0. The van der Waals surface area contributed by atoms with E-state index in [-0.39, 0.29) is 36.4 Å². The fourth-order valence-electron chi connectivity index (χ4n) is 3.04. The Morgan fingerprint density at radius 3 is 2.65 bits per heavy atom. The molecule has 3 N–H and O–H groups in total. The molecule has 1 aliphatic rings. The molecule has 1 unspecified atom stereocenters. The van der Waals surface area contributed by atoms with E-state index in [1.165, 1.54) is 6.07 Å². The first-order valence-corrected chi connectivity index (χ1v) is 7.76. The Bertz CT molecular complexity index is 587. The summed E-state index contributed by atoms with van der Waals surface area (Å²) in [6.07, 6.45) is 0.735. The number of urea groups is 1. The van der Waals surface area contributed by atoms with E-state index in [4.69, 9.17) is 9.84 Å². The van der Waals surface area contributed by atoms with Crippen LogP contribution in [0.1, 0.15) is 45.2 Å². The Morgan fingerprint density at radius 2 is 2.09 bits per heavy atom. The molecule has 0 bridgehead atoms. The van der Waals surface area contributed by atoms with E-state index in [0.29, 0.717) is 0 Å². The summed E-state index contributed by atoms with van der Waals surface area (Å²) >= 11 is 0. The molecule has 2 rings (SSSR count). The normalized spacial score (nSPS) is 21.9. The molecule has 1 aromatic rings. The molecule has 0 radical (unpaired) electrons. The summed E-state index contributed by atoms with van der Waals surface area (Å²) in [6.45, 7) is 7.82. The van der Waals surface area contributed by atoms with Crippen LogP contribution in [0, 0.1) is 5.82 Å². The van der Waals surface area contributed by atoms with Gasteiger partial charge in [-0.1, -0.05) is 6.07 Å². The number of carbonyl (C=O) groups is 1. The second-order valence-electron chi connectivity index (χ2n) is 7.13. The summed E-state index contributed by atoms with van der Waals surface area (Å²) in [6, 6.07) is 4.04. The molecule has 6 heteroatoms. The summed E-state index contributed by atoms with van der Waals surface area (Å²) in [5.41, 5.74) is 0.250. The molecule has 2 amide bonds. The lowest BCUT2D eigenvalue weighted by Gasteiger charge is -2.27. The van der Waals surface area contributed by atoms with E-state index in [2.05, 4.69) is 10.6 Å². The Kier molecular flexibility index (Phi) is 4.96. The third-order valence-corrected chi connectivity index (χ3v) is 4.11. The lowest BCUT2D eigenvalue weighted by atomic mass is 9.95. The van der Waals surface area contributed by atoms with Crippen LogP contribution in [0.2, 0.25) is 0 Å². The minimum Gasteiger partial charge on any atom is -0.392 e. The van der Waals surface area contributed by atoms with Crippen LogP contribution >= 0.6 is 0 Å². The van der Waals surface area contributed by atoms with E-state index in [1.54, 1.807) is 12.1 Å². The SMILES string of the molecule is CC1(C)CC(NC(=O)NCc2ccc(F)c(CO)c2)C(C)(C)O1. The molecule has 23 heavy (non-hydrogen) atoms. The number of benzene rings is 1. The molecular weight excluding hydrogens is 299 g/mol. The standard InChI is InChI=1S/C17H25FN2O3/c1-16(2)8-14(17(3,4)23-16)20-15(22)19-9-11-5-6-13(18)12(7-11)10-21/h5-7,14,21H,8-10H2,1-4H3,(H2,19,20,22). The quantitative estimate of drug-likeness (QED) is 0.797. The van der Waals surface area contributed by atoms with Gasteiger partial charge < -0.3 is 20.5 Å². The van der Waals surface area contributed by atoms with E-state index < -0.39 is 11.4 Å². The third-order valence-electron chi connectivity index (χ3n) is 4.11. The second kappa shape index (κ2) is 6.45. The van der Waals surface area contributed by atoms with Crippen molar-refractivity contribution in [1.29, 1.82) is 0 Å². The van der Waals surface area contributed by atoms with Gasteiger partial charge in [-0.2, -0.15) is 0 Å². The number of hydrogen-bond donors (Lipinski definition) is 3. The van der Waals surface area contributed by atoms with Crippen molar-refractivity contribution in [2.24, 2.45) is 0 Å². The van der Waals surface area contributed by atoms with Gasteiger partial charge in [0.05, 0.1) is 23.9 Å².